The first-order chi connectivity index (χ1) is 16.8. The Bertz CT molecular complexity index is 1210. The summed E-state index contributed by atoms with van der Waals surface area (Å²) in [6, 6.07) is 18.5. The van der Waals surface area contributed by atoms with E-state index in [0.717, 1.165) is 25.0 Å². The van der Waals surface area contributed by atoms with Crippen LogP contribution in [0, 0.1) is 5.41 Å². The number of hydrogen-bond acceptors (Lipinski definition) is 6. The first-order valence-electron chi connectivity index (χ1n) is 12.1. The lowest BCUT2D eigenvalue weighted by atomic mass is 9.74. The molecular formula is C28H31NO6. The predicted octanol–water partition coefficient (Wildman–Crippen LogP) is 4.58. The van der Waals surface area contributed by atoms with Crippen LogP contribution < -0.4 is 0 Å². The van der Waals surface area contributed by atoms with E-state index < -0.39 is 23.6 Å². The zero-order valence-electron chi connectivity index (χ0n) is 19.7. The van der Waals surface area contributed by atoms with Crippen molar-refractivity contribution in [2.45, 2.75) is 63.4 Å². The predicted molar refractivity (Wildman–Crippen MR) is 130 cm³/mol. The van der Waals surface area contributed by atoms with Gasteiger partial charge in [-0.25, -0.2) is 4.79 Å². The van der Waals surface area contributed by atoms with Crippen LogP contribution in [0.4, 0.5) is 0 Å². The molecule has 35 heavy (non-hydrogen) atoms. The summed E-state index contributed by atoms with van der Waals surface area (Å²) in [6.45, 7) is 2.62. The highest BCUT2D eigenvalue weighted by atomic mass is 16.4. The van der Waals surface area contributed by atoms with Gasteiger partial charge in [-0.3, -0.25) is 4.90 Å². The molecule has 2 aliphatic rings. The monoisotopic (exact) mass is 477 g/mol. The molecule has 1 saturated carbocycles. The summed E-state index contributed by atoms with van der Waals surface area (Å²) in [5.41, 5.74) is 1.16. The number of benzene rings is 2. The van der Waals surface area contributed by atoms with E-state index in [9.17, 15) is 20.1 Å². The standard InChI is InChI=1S/C28H31NO6/c1-28-15-21(17-6-3-2-4-7-17)29(25(28)9-5-8-22(30)26(28)32)16-19-11-13-24(35-19)18-10-12-20(27(33)34)23(31)14-18/h2-4,6-7,10-14,21-22,25-26,30-32H,5,8-9,15-16H2,1H3,(H,33,34)/t21-,22-,25-,26-,28-/m1/s1. The third kappa shape index (κ3) is 4.24. The van der Waals surface area contributed by atoms with Crippen molar-refractivity contribution in [3.8, 4) is 17.1 Å². The average molecular weight is 478 g/mol. The molecule has 5 rings (SSSR count). The number of carboxylic acid groups (broad SMARTS) is 1. The van der Waals surface area contributed by atoms with Crippen molar-refractivity contribution in [2.24, 2.45) is 5.41 Å². The molecule has 0 unspecified atom stereocenters. The number of aliphatic hydroxyl groups is 2. The molecule has 0 amide bonds. The van der Waals surface area contributed by atoms with E-state index in [4.69, 9.17) is 9.52 Å². The molecule has 1 aliphatic heterocycles. The summed E-state index contributed by atoms with van der Waals surface area (Å²) in [6.07, 6.45) is 1.53. The smallest absolute Gasteiger partial charge is 0.339 e. The van der Waals surface area contributed by atoms with E-state index in [2.05, 4.69) is 24.0 Å². The maximum atomic E-state index is 11.2. The van der Waals surface area contributed by atoms with Gasteiger partial charge in [-0.2, -0.15) is 0 Å². The van der Waals surface area contributed by atoms with Gasteiger partial charge in [0.25, 0.3) is 0 Å². The molecule has 184 valence electrons. The minimum Gasteiger partial charge on any atom is -0.507 e. The molecule has 4 N–H and O–H groups in total. The first kappa shape index (κ1) is 23.6. The van der Waals surface area contributed by atoms with E-state index in [1.165, 1.54) is 17.7 Å². The fourth-order valence-corrected chi connectivity index (χ4v) is 6.07. The molecule has 0 bridgehead atoms. The van der Waals surface area contributed by atoms with Crippen molar-refractivity contribution in [3.05, 3.63) is 77.6 Å². The van der Waals surface area contributed by atoms with Crippen LogP contribution in [0.25, 0.3) is 11.3 Å². The highest BCUT2D eigenvalue weighted by molar-refractivity contribution is 5.91. The van der Waals surface area contributed by atoms with Crippen LogP contribution in [0.3, 0.4) is 0 Å². The van der Waals surface area contributed by atoms with Gasteiger partial charge in [0.1, 0.15) is 22.8 Å². The summed E-state index contributed by atoms with van der Waals surface area (Å²) >= 11 is 0. The van der Waals surface area contributed by atoms with Crippen LogP contribution in [0.15, 0.2) is 65.1 Å². The Morgan fingerprint density at radius 2 is 1.86 bits per heavy atom. The number of carbonyl (C=O) groups is 1. The number of furan rings is 1. The van der Waals surface area contributed by atoms with Crippen molar-refractivity contribution < 1.29 is 29.6 Å². The quantitative estimate of drug-likeness (QED) is 0.425. The Morgan fingerprint density at radius 3 is 2.57 bits per heavy atom. The molecular weight excluding hydrogens is 446 g/mol. The van der Waals surface area contributed by atoms with Gasteiger partial charge < -0.3 is 24.8 Å². The molecule has 2 heterocycles. The molecule has 7 heteroatoms. The first-order valence-corrected chi connectivity index (χ1v) is 12.1. The molecule has 7 nitrogen and oxygen atoms in total. The topological polar surface area (TPSA) is 114 Å². The van der Waals surface area contributed by atoms with Crippen LogP contribution in [0.2, 0.25) is 0 Å². The fourth-order valence-electron chi connectivity index (χ4n) is 6.07. The van der Waals surface area contributed by atoms with E-state index >= 15 is 0 Å². The lowest BCUT2D eigenvalue weighted by Crippen LogP contribution is -2.47. The van der Waals surface area contributed by atoms with Crippen molar-refractivity contribution in [1.82, 2.24) is 4.90 Å². The normalized spacial score (nSPS) is 29.0. The van der Waals surface area contributed by atoms with Gasteiger partial charge in [0.2, 0.25) is 0 Å². The Balaban J connectivity index is 1.46. The minimum absolute atomic E-state index is 0.0681. The number of fused-ring (bicyclic) bond motifs is 1. The van der Waals surface area contributed by atoms with Gasteiger partial charge in [-0.05, 0) is 55.5 Å². The number of aromatic carboxylic acids is 1. The fraction of sp³-hybridized carbons (Fsp3) is 0.393. The third-order valence-corrected chi connectivity index (χ3v) is 7.91. The summed E-state index contributed by atoms with van der Waals surface area (Å²) in [5.74, 6) is -0.208. The highest BCUT2D eigenvalue weighted by Crippen LogP contribution is 2.54. The number of likely N-dealkylation sites (tertiary alicyclic amines) is 1. The lowest BCUT2D eigenvalue weighted by molar-refractivity contribution is -0.0634. The van der Waals surface area contributed by atoms with E-state index in [0.29, 0.717) is 24.3 Å². The molecule has 1 saturated heterocycles. The van der Waals surface area contributed by atoms with Crippen molar-refractivity contribution in [2.75, 3.05) is 0 Å². The number of hydrogen-bond donors (Lipinski definition) is 4. The number of aliphatic hydroxyl groups excluding tert-OH is 2. The molecule has 0 radical (unpaired) electrons. The molecule has 3 aromatic rings. The largest absolute Gasteiger partial charge is 0.507 e. The van der Waals surface area contributed by atoms with E-state index in [1.807, 2.05) is 30.3 Å². The molecule has 1 aliphatic carbocycles. The number of rotatable bonds is 5. The maximum absolute atomic E-state index is 11.2. The maximum Gasteiger partial charge on any atom is 0.339 e. The van der Waals surface area contributed by atoms with E-state index in [-0.39, 0.29) is 23.4 Å². The minimum atomic E-state index is -1.19. The van der Waals surface area contributed by atoms with Crippen LogP contribution in [-0.2, 0) is 6.54 Å². The Kier molecular flexibility index (Phi) is 6.17. The number of aromatic hydroxyl groups is 1. The molecule has 1 aromatic heterocycles. The molecule has 2 aromatic carbocycles. The van der Waals surface area contributed by atoms with Gasteiger partial charge in [0.15, 0.2) is 0 Å². The zero-order chi connectivity index (χ0) is 24.7. The van der Waals surface area contributed by atoms with Gasteiger partial charge in [0.05, 0.1) is 18.8 Å². The summed E-state index contributed by atoms with van der Waals surface area (Å²) in [4.78, 5) is 13.6. The van der Waals surface area contributed by atoms with Crippen LogP contribution in [-0.4, -0.2) is 49.5 Å². The van der Waals surface area contributed by atoms with Gasteiger partial charge in [-0.1, -0.05) is 43.3 Å². The van der Waals surface area contributed by atoms with Gasteiger partial charge in [-0.15, -0.1) is 0 Å². The number of phenols is 1. The summed E-state index contributed by atoms with van der Waals surface area (Å²) in [7, 11) is 0. The van der Waals surface area contributed by atoms with Crippen molar-refractivity contribution in [1.29, 1.82) is 0 Å². The number of carboxylic acids is 1. The van der Waals surface area contributed by atoms with Gasteiger partial charge >= 0.3 is 5.97 Å². The second-order valence-corrected chi connectivity index (χ2v) is 10.1. The Morgan fingerprint density at radius 1 is 1.09 bits per heavy atom. The summed E-state index contributed by atoms with van der Waals surface area (Å²) < 4.78 is 6.15. The SMILES string of the molecule is C[C@@]12C[C@H](c3ccccc3)N(Cc3ccc(-c4ccc(C(=O)O)c(O)c4)o3)[C@@H]1CCC[C@@H](O)[C@H]2O. The second-order valence-electron chi connectivity index (χ2n) is 10.1. The Labute approximate surface area is 204 Å². The average Bonchev–Trinajstić information content (AvgIpc) is 3.40. The van der Waals surface area contributed by atoms with E-state index in [1.54, 1.807) is 6.07 Å². The van der Waals surface area contributed by atoms with Crippen LogP contribution >= 0.6 is 0 Å². The van der Waals surface area contributed by atoms with Crippen LogP contribution in [0.1, 0.15) is 60.3 Å². The highest BCUT2D eigenvalue weighted by Gasteiger charge is 2.55. The summed E-state index contributed by atoms with van der Waals surface area (Å²) in [5, 5.41) is 40.9. The second kappa shape index (κ2) is 9.15. The van der Waals surface area contributed by atoms with Gasteiger partial charge in [0, 0.05) is 23.1 Å². The Hall–Kier alpha value is -3.13. The molecule has 0 spiro atoms. The number of nitrogens with zero attached hydrogens (tertiary/aromatic N) is 1. The molecule has 2 fully saturated rings. The lowest BCUT2D eigenvalue weighted by Gasteiger charge is -2.38. The van der Waals surface area contributed by atoms with Crippen molar-refractivity contribution >= 4 is 5.97 Å². The van der Waals surface area contributed by atoms with Crippen molar-refractivity contribution in [3.63, 3.8) is 0 Å². The zero-order valence-corrected chi connectivity index (χ0v) is 19.7. The molecule has 5 atom stereocenters. The van der Waals surface area contributed by atoms with Crippen LogP contribution in [0.5, 0.6) is 5.75 Å². The third-order valence-electron chi connectivity index (χ3n) is 7.91.